The lowest BCUT2D eigenvalue weighted by molar-refractivity contribution is -0.142. The third-order valence-electron chi connectivity index (χ3n) is 3.72. The Balaban J connectivity index is 2.27. The monoisotopic (exact) mass is 313 g/mol. The first-order valence-corrected chi connectivity index (χ1v) is 7.21. The minimum Gasteiger partial charge on any atom is -0.481 e. The second-order valence-corrected chi connectivity index (χ2v) is 5.87. The molecule has 0 heterocycles. The molecule has 2 aromatic rings. The summed E-state index contributed by atoms with van der Waals surface area (Å²) in [6.07, 6.45) is -0.0249. The molecule has 0 spiro atoms. The van der Waals surface area contributed by atoms with Crippen molar-refractivity contribution in [3.05, 3.63) is 59.7 Å². The van der Waals surface area contributed by atoms with Crippen LogP contribution in [0.1, 0.15) is 25.0 Å². The molecule has 0 fully saturated rings. The Labute approximate surface area is 134 Å². The number of carboxylic acids is 2. The molecule has 0 atom stereocenters. The molecule has 120 valence electrons. The van der Waals surface area contributed by atoms with Crippen LogP contribution < -0.4 is 5.32 Å². The Kier molecular flexibility index (Phi) is 4.69. The van der Waals surface area contributed by atoms with Crippen molar-refractivity contribution in [3.63, 3.8) is 0 Å². The Morgan fingerprint density at radius 2 is 1.61 bits per heavy atom. The van der Waals surface area contributed by atoms with Crippen LogP contribution in [0.3, 0.4) is 0 Å². The van der Waals surface area contributed by atoms with Crippen molar-refractivity contribution in [3.8, 4) is 0 Å². The maximum atomic E-state index is 11.5. The van der Waals surface area contributed by atoms with Gasteiger partial charge in [0, 0.05) is 11.4 Å². The molecule has 0 aromatic heterocycles. The summed E-state index contributed by atoms with van der Waals surface area (Å²) in [5.41, 5.74) is 1.86. The molecule has 23 heavy (non-hydrogen) atoms. The molecule has 5 heteroatoms. The zero-order valence-corrected chi connectivity index (χ0v) is 13.0. The topological polar surface area (TPSA) is 86.6 Å². The minimum atomic E-state index is -1.02. The summed E-state index contributed by atoms with van der Waals surface area (Å²) in [6, 6.07) is 14.3. The van der Waals surface area contributed by atoms with Crippen molar-refractivity contribution in [1.29, 1.82) is 0 Å². The van der Waals surface area contributed by atoms with Crippen LogP contribution in [-0.2, 0) is 21.4 Å². The summed E-state index contributed by atoms with van der Waals surface area (Å²) in [4.78, 5) is 22.2. The summed E-state index contributed by atoms with van der Waals surface area (Å²) in [6.45, 7) is 3.32. The maximum absolute atomic E-state index is 11.5. The smallest absolute Gasteiger partial charge is 0.313 e. The number of nitrogens with one attached hydrogen (secondary N) is 1. The standard InChI is InChI=1S/C18H19NO4/c1-18(2,17(22)23)14-5-3-4-6-15(14)19-13-9-7-12(8-10-13)11-16(20)21/h3-10,19H,11H2,1-2H3,(H,20,21)(H,22,23). The number of benzene rings is 2. The van der Waals surface area contributed by atoms with E-state index in [0.717, 1.165) is 5.69 Å². The molecule has 0 amide bonds. The van der Waals surface area contributed by atoms with E-state index < -0.39 is 17.4 Å². The van der Waals surface area contributed by atoms with Crippen LogP contribution in [0.15, 0.2) is 48.5 Å². The highest BCUT2D eigenvalue weighted by molar-refractivity contribution is 5.83. The second-order valence-electron chi connectivity index (χ2n) is 5.87. The number of hydrogen-bond donors (Lipinski definition) is 3. The first-order valence-electron chi connectivity index (χ1n) is 7.21. The van der Waals surface area contributed by atoms with Crippen molar-refractivity contribution >= 4 is 23.3 Å². The molecule has 0 saturated heterocycles. The van der Waals surface area contributed by atoms with Crippen LogP contribution in [0.25, 0.3) is 0 Å². The van der Waals surface area contributed by atoms with Crippen LogP contribution in [0.5, 0.6) is 0 Å². The van der Waals surface area contributed by atoms with E-state index in [1.165, 1.54) is 0 Å². The van der Waals surface area contributed by atoms with Gasteiger partial charge in [0.25, 0.3) is 0 Å². The number of para-hydroxylation sites is 1. The van der Waals surface area contributed by atoms with Crippen molar-refractivity contribution in [2.45, 2.75) is 25.7 Å². The van der Waals surface area contributed by atoms with Crippen LogP contribution in [-0.4, -0.2) is 22.2 Å². The first kappa shape index (κ1) is 16.5. The Bertz CT molecular complexity index is 720. The fourth-order valence-corrected chi connectivity index (χ4v) is 2.29. The van der Waals surface area contributed by atoms with Gasteiger partial charge in [0.1, 0.15) is 0 Å². The molecular formula is C18H19NO4. The van der Waals surface area contributed by atoms with Gasteiger partial charge < -0.3 is 15.5 Å². The largest absolute Gasteiger partial charge is 0.481 e. The number of anilines is 2. The van der Waals surface area contributed by atoms with Gasteiger partial charge in [0.05, 0.1) is 11.8 Å². The molecule has 0 radical (unpaired) electrons. The number of hydrogen-bond acceptors (Lipinski definition) is 3. The Morgan fingerprint density at radius 3 is 2.17 bits per heavy atom. The Morgan fingerprint density at radius 1 is 1.00 bits per heavy atom. The van der Waals surface area contributed by atoms with E-state index in [-0.39, 0.29) is 6.42 Å². The molecule has 5 nitrogen and oxygen atoms in total. The van der Waals surface area contributed by atoms with Crippen molar-refractivity contribution in [2.75, 3.05) is 5.32 Å². The molecule has 0 aliphatic rings. The maximum Gasteiger partial charge on any atom is 0.313 e. The summed E-state index contributed by atoms with van der Waals surface area (Å²) in [5.74, 6) is -1.78. The Hall–Kier alpha value is -2.82. The predicted molar refractivity (Wildman–Crippen MR) is 88.2 cm³/mol. The zero-order chi connectivity index (χ0) is 17.0. The van der Waals surface area contributed by atoms with E-state index in [1.54, 1.807) is 50.2 Å². The van der Waals surface area contributed by atoms with Crippen LogP contribution in [0.2, 0.25) is 0 Å². The highest BCUT2D eigenvalue weighted by Crippen LogP contribution is 2.32. The van der Waals surface area contributed by atoms with E-state index in [9.17, 15) is 14.7 Å². The number of rotatable bonds is 6. The zero-order valence-electron chi connectivity index (χ0n) is 13.0. The van der Waals surface area contributed by atoms with Crippen molar-refractivity contribution in [2.24, 2.45) is 0 Å². The quantitative estimate of drug-likeness (QED) is 0.760. The lowest BCUT2D eigenvalue weighted by Gasteiger charge is -2.23. The average Bonchev–Trinajstić information content (AvgIpc) is 2.49. The highest BCUT2D eigenvalue weighted by atomic mass is 16.4. The fourth-order valence-electron chi connectivity index (χ4n) is 2.29. The van der Waals surface area contributed by atoms with E-state index in [1.807, 2.05) is 12.1 Å². The molecular weight excluding hydrogens is 294 g/mol. The van der Waals surface area contributed by atoms with Gasteiger partial charge in [-0.05, 0) is 43.2 Å². The second kappa shape index (κ2) is 6.52. The van der Waals surface area contributed by atoms with Gasteiger partial charge in [-0.3, -0.25) is 9.59 Å². The molecule has 0 unspecified atom stereocenters. The molecule has 0 bridgehead atoms. The molecule has 2 aromatic carbocycles. The van der Waals surface area contributed by atoms with Crippen molar-refractivity contribution < 1.29 is 19.8 Å². The normalized spacial score (nSPS) is 11.0. The highest BCUT2D eigenvalue weighted by Gasteiger charge is 2.31. The summed E-state index contributed by atoms with van der Waals surface area (Å²) >= 11 is 0. The number of aliphatic carboxylic acids is 2. The number of carboxylic acid groups (broad SMARTS) is 2. The predicted octanol–water partition coefficient (Wildman–Crippen LogP) is 3.42. The van der Waals surface area contributed by atoms with Crippen LogP contribution >= 0.6 is 0 Å². The first-order chi connectivity index (χ1) is 10.8. The SMILES string of the molecule is CC(C)(C(=O)O)c1ccccc1Nc1ccc(CC(=O)O)cc1. The molecule has 2 rings (SSSR count). The van der Waals surface area contributed by atoms with Gasteiger partial charge >= 0.3 is 11.9 Å². The average molecular weight is 313 g/mol. The molecule has 3 N–H and O–H groups in total. The summed E-state index contributed by atoms with van der Waals surface area (Å²) < 4.78 is 0. The van der Waals surface area contributed by atoms with Gasteiger partial charge in [-0.25, -0.2) is 0 Å². The van der Waals surface area contributed by atoms with Gasteiger partial charge in [-0.2, -0.15) is 0 Å². The summed E-state index contributed by atoms with van der Waals surface area (Å²) in [7, 11) is 0. The lowest BCUT2D eigenvalue weighted by Crippen LogP contribution is -2.29. The van der Waals surface area contributed by atoms with Crippen LogP contribution in [0, 0.1) is 0 Å². The van der Waals surface area contributed by atoms with E-state index >= 15 is 0 Å². The van der Waals surface area contributed by atoms with Crippen molar-refractivity contribution in [1.82, 2.24) is 0 Å². The summed E-state index contributed by atoms with van der Waals surface area (Å²) in [5, 5.41) is 21.4. The molecule has 0 aliphatic carbocycles. The van der Waals surface area contributed by atoms with Crippen LogP contribution in [0.4, 0.5) is 11.4 Å². The van der Waals surface area contributed by atoms with E-state index in [0.29, 0.717) is 16.8 Å². The van der Waals surface area contributed by atoms with Gasteiger partial charge in [-0.1, -0.05) is 30.3 Å². The minimum absolute atomic E-state index is 0.0249. The van der Waals surface area contributed by atoms with Gasteiger partial charge in [0.2, 0.25) is 0 Å². The lowest BCUT2D eigenvalue weighted by atomic mass is 9.83. The number of carbonyl (C=O) groups is 2. The van der Waals surface area contributed by atoms with E-state index in [2.05, 4.69) is 5.32 Å². The third kappa shape index (κ3) is 3.88. The van der Waals surface area contributed by atoms with Gasteiger partial charge in [0.15, 0.2) is 0 Å². The third-order valence-corrected chi connectivity index (χ3v) is 3.72. The fraction of sp³-hybridized carbons (Fsp3) is 0.222. The van der Waals surface area contributed by atoms with E-state index in [4.69, 9.17) is 5.11 Å². The molecule has 0 aliphatic heterocycles. The molecule has 0 saturated carbocycles. The van der Waals surface area contributed by atoms with Gasteiger partial charge in [-0.15, -0.1) is 0 Å².